The van der Waals surface area contributed by atoms with Crippen LogP contribution in [-0.2, 0) is 17.8 Å². The standard InChI is InChI=1S/C11H18N2O2/c1-4-13-10(8(2)3)7-9(12-13)5-6-11(14)15/h7-8H,4-6H2,1-3H3,(H,14,15). The Kier molecular flexibility index (Phi) is 3.88. The van der Waals surface area contributed by atoms with Gasteiger partial charge in [0.25, 0.3) is 0 Å². The second-order valence-electron chi connectivity index (χ2n) is 3.92. The average molecular weight is 210 g/mol. The number of hydrogen-bond donors (Lipinski definition) is 1. The average Bonchev–Trinajstić information content (AvgIpc) is 2.57. The van der Waals surface area contributed by atoms with E-state index in [1.54, 1.807) is 0 Å². The highest BCUT2D eigenvalue weighted by Gasteiger charge is 2.10. The first-order valence-electron chi connectivity index (χ1n) is 5.33. The summed E-state index contributed by atoms with van der Waals surface area (Å²) >= 11 is 0. The zero-order chi connectivity index (χ0) is 11.4. The lowest BCUT2D eigenvalue weighted by Crippen LogP contribution is -2.04. The van der Waals surface area contributed by atoms with E-state index in [0.717, 1.165) is 12.2 Å². The summed E-state index contributed by atoms with van der Waals surface area (Å²) in [4.78, 5) is 10.4. The molecule has 1 rings (SSSR count). The number of aryl methyl sites for hydroxylation is 2. The highest BCUT2D eigenvalue weighted by Crippen LogP contribution is 2.16. The van der Waals surface area contributed by atoms with Gasteiger partial charge in [-0.05, 0) is 18.9 Å². The van der Waals surface area contributed by atoms with Crippen molar-refractivity contribution in [1.29, 1.82) is 0 Å². The summed E-state index contributed by atoms with van der Waals surface area (Å²) in [6.45, 7) is 7.11. The summed E-state index contributed by atoms with van der Waals surface area (Å²) in [5.74, 6) is -0.344. The number of carboxylic acid groups (broad SMARTS) is 1. The van der Waals surface area contributed by atoms with Crippen molar-refractivity contribution in [2.45, 2.75) is 46.1 Å². The van der Waals surface area contributed by atoms with Gasteiger partial charge in [0.15, 0.2) is 0 Å². The fourth-order valence-corrected chi connectivity index (χ4v) is 1.56. The van der Waals surface area contributed by atoms with Crippen LogP contribution in [0.25, 0.3) is 0 Å². The number of carbonyl (C=O) groups is 1. The SMILES string of the molecule is CCn1nc(CCC(=O)O)cc1C(C)C. The molecule has 1 aromatic rings. The molecular weight excluding hydrogens is 192 g/mol. The summed E-state index contributed by atoms with van der Waals surface area (Å²) in [6, 6.07) is 2.01. The smallest absolute Gasteiger partial charge is 0.303 e. The van der Waals surface area contributed by atoms with Crippen LogP contribution in [0, 0.1) is 0 Å². The molecule has 0 bridgehead atoms. The Hall–Kier alpha value is -1.32. The zero-order valence-electron chi connectivity index (χ0n) is 9.53. The van der Waals surface area contributed by atoms with Gasteiger partial charge in [-0.25, -0.2) is 0 Å². The van der Waals surface area contributed by atoms with Crippen molar-refractivity contribution in [2.24, 2.45) is 0 Å². The number of carboxylic acids is 1. The molecule has 0 unspecified atom stereocenters. The first kappa shape index (κ1) is 11.8. The van der Waals surface area contributed by atoms with E-state index in [9.17, 15) is 4.79 Å². The van der Waals surface area contributed by atoms with Gasteiger partial charge in [0.1, 0.15) is 0 Å². The van der Waals surface area contributed by atoms with Crippen LogP contribution in [0.15, 0.2) is 6.07 Å². The molecule has 0 radical (unpaired) electrons. The number of aliphatic carboxylic acids is 1. The molecular formula is C11H18N2O2. The van der Waals surface area contributed by atoms with Crippen LogP contribution >= 0.6 is 0 Å². The molecule has 0 atom stereocenters. The van der Waals surface area contributed by atoms with E-state index in [0.29, 0.717) is 12.3 Å². The van der Waals surface area contributed by atoms with E-state index >= 15 is 0 Å². The molecule has 4 nitrogen and oxygen atoms in total. The molecule has 0 spiro atoms. The van der Waals surface area contributed by atoms with Crippen LogP contribution in [0.3, 0.4) is 0 Å². The molecule has 0 aliphatic heterocycles. The molecule has 0 amide bonds. The van der Waals surface area contributed by atoms with Crippen molar-refractivity contribution in [3.8, 4) is 0 Å². The lowest BCUT2D eigenvalue weighted by Gasteiger charge is -2.06. The Morgan fingerprint density at radius 1 is 1.60 bits per heavy atom. The number of aromatic nitrogens is 2. The Morgan fingerprint density at radius 2 is 2.27 bits per heavy atom. The molecule has 0 saturated carbocycles. The molecule has 0 aromatic carbocycles. The van der Waals surface area contributed by atoms with Gasteiger partial charge < -0.3 is 5.11 Å². The van der Waals surface area contributed by atoms with E-state index in [1.807, 2.05) is 17.7 Å². The van der Waals surface area contributed by atoms with Crippen molar-refractivity contribution < 1.29 is 9.90 Å². The van der Waals surface area contributed by atoms with Gasteiger partial charge in [-0.3, -0.25) is 9.48 Å². The first-order valence-corrected chi connectivity index (χ1v) is 5.33. The van der Waals surface area contributed by atoms with Crippen LogP contribution in [0.1, 0.15) is 44.5 Å². The summed E-state index contributed by atoms with van der Waals surface area (Å²) in [5.41, 5.74) is 2.06. The van der Waals surface area contributed by atoms with Crippen LogP contribution < -0.4 is 0 Å². The van der Waals surface area contributed by atoms with E-state index in [2.05, 4.69) is 18.9 Å². The van der Waals surface area contributed by atoms with Gasteiger partial charge in [0.05, 0.1) is 12.1 Å². The molecule has 15 heavy (non-hydrogen) atoms. The van der Waals surface area contributed by atoms with Crippen LogP contribution in [0.4, 0.5) is 0 Å². The third-order valence-corrected chi connectivity index (χ3v) is 2.35. The molecule has 4 heteroatoms. The first-order chi connectivity index (χ1) is 7.04. The number of nitrogens with zero attached hydrogens (tertiary/aromatic N) is 2. The quantitative estimate of drug-likeness (QED) is 0.809. The summed E-state index contributed by atoms with van der Waals surface area (Å²) in [7, 11) is 0. The van der Waals surface area contributed by atoms with Crippen molar-refractivity contribution in [1.82, 2.24) is 9.78 Å². The Balaban J connectivity index is 2.78. The van der Waals surface area contributed by atoms with Gasteiger partial charge in [-0.1, -0.05) is 13.8 Å². The third-order valence-electron chi connectivity index (χ3n) is 2.35. The van der Waals surface area contributed by atoms with E-state index in [1.165, 1.54) is 5.69 Å². The summed E-state index contributed by atoms with van der Waals surface area (Å²) in [5, 5.41) is 13.0. The van der Waals surface area contributed by atoms with Crippen LogP contribution in [0.2, 0.25) is 0 Å². The molecule has 84 valence electrons. The molecule has 0 fully saturated rings. The maximum atomic E-state index is 10.4. The molecule has 0 aliphatic rings. The topological polar surface area (TPSA) is 55.1 Å². The lowest BCUT2D eigenvalue weighted by atomic mass is 10.1. The van der Waals surface area contributed by atoms with E-state index in [-0.39, 0.29) is 6.42 Å². The number of hydrogen-bond acceptors (Lipinski definition) is 2. The molecule has 0 saturated heterocycles. The fourth-order valence-electron chi connectivity index (χ4n) is 1.56. The largest absolute Gasteiger partial charge is 0.481 e. The highest BCUT2D eigenvalue weighted by atomic mass is 16.4. The van der Waals surface area contributed by atoms with E-state index in [4.69, 9.17) is 5.11 Å². The molecule has 1 heterocycles. The van der Waals surface area contributed by atoms with Gasteiger partial charge in [-0.2, -0.15) is 5.10 Å². The van der Waals surface area contributed by atoms with Crippen molar-refractivity contribution >= 4 is 5.97 Å². The maximum Gasteiger partial charge on any atom is 0.303 e. The van der Waals surface area contributed by atoms with E-state index < -0.39 is 5.97 Å². The van der Waals surface area contributed by atoms with Gasteiger partial charge in [0, 0.05) is 18.7 Å². The van der Waals surface area contributed by atoms with Gasteiger partial charge in [-0.15, -0.1) is 0 Å². The monoisotopic (exact) mass is 210 g/mol. The van der Waals surface area contributed by atoms with Crippen molar-refractivity contribution in [3.05, 3.63) is 17.5 Å². The predicted molar refractivity (Wildman–Crippen MR) is 57.9 cm³/mol. The highest BCUT2D eigenvalue weighted by molar-refractivity contribution is 5.66. The van der Waals surface area contributed by atoms with Gasteiger partial charge in [0.2, 0.25) is 0 Å². The molecule has 0 aliphatic carbocycles. The van der Waals surface area contributed by atoms with Crippen LogP contribution in [0.5, 0.6) is 0 Å². The maximum absolute atomic E-state index is 10.4. The number of rotatable bonds is 5. The Morgan fingerprint density at radius 3 is 2.67 bits per heavy atom. The fraction of sp³-hybridized carbons (Fsp3) is 0.636. The summed E-state index contributed by atoms with van der Waals surface area (Å²) < 4.78 is 1.95. The van der Waals surface area contributed by atoms with Crippen molar-refractivity contribution in [3.63, 3.8) is 0 Å². The Bertz CT molecular complexity index is 342. The lowest BCUT2D eigenvalue weighted by molar-refractivity contribution is -0.136. The second kappa shape index (κ2) is 4.96. The van der Waals surface area contributed by atoms with Crippen LogP contribution in [-0.4, -0.2) is 20.9 Å². The van der Waals surface area contributed by atoms with Crippen molar-refractivity contribution in [2.75, 3.05) is 0 Å². The second-order valence-corrected chi connectivity index (χ2v) is 3.92. The van der Waals surface area contributed by atoms with Gasteiger partial charge >= 0.3 is 5.97 Å². The predicted octanol–water partition coefficient (Wildman–Crippen LogP) is 2.04. The summed E-state index contributed by atoms with van der Waals surface area (Å²) in [6.07, 6.45) is 0.667. The Labute approximate surface area is 89.9 Å². The molecule has 1 N–H and O–H groups in total. The molecule has 1 aromatic heterocycles. The zero-order valence-corrected chi connectivity index (χ0v) is 9.53. The minimum Gasteiger partial charge on any atom is -0.481 e. The minimum atomic E-state index is -0.771. The minimum absolute atomic E-state index is 0.151. The normalized spacial score (nSPS) is 10.9. The third kappa shape index (κ3) is 3.08.